The van der Waals surface area contributed by atoms with E-state index in [2.05, 4.69) is 25.9 Å². The van der Waals surface area contributed by atoms with Gasteiger partial charge in [-0.15, -0.1) is 0 Å². The van der Waals surface area contributed by atoms with Crippen LogP contribution in [0.5, 0.6) is 5.75 Å². The average molecular weight is 549 g/mol. The Balaban J connectivity index is 2.23. The molecule has 0 radical (unpaired) electrons. The quantitative estimate of drug-likeness (QED) is 0.118. The monoisotopic (exact) mass is 548 g/mol. The highest BCUT2D eigenvalue weighted by atomic mass is 16.4. The molecular formula is C24H32N6O9. The fraction of sp³-hybridized carbons (Fsp3) is 0.417. The first kappa shape index (κ1) is 30.7. The van der Waals surface area contributed by atoms with Crippen LogP contribution >= 0.6 is 0 Å². The molecule has 0 aliphatic rings. The Morgan fingerprint density at radius 3 is 2.05 bits per heavy atom. The number of nitrogens with one attached hydrogen (secondary N) is 4. The van der Waals surface area contributed by atoms with Crippen LogP contribution in [0.25, 0.3) is 0 Å². The molecule has 39 heavy (non-hydrogen) atoms. The lowest BCUT2D eigenvalue weighted by Gasteiger charge is -2.25. The summed E-state index contributed by atoms with van der Waals surface area (Å²) in [7, 11) is 0. The highest BCUT2D eigenvalue weighted by Crippen LogP contribution is 2.12. The number of carbonyl (C=O) groups is 5. The molecule has 0 fully saturated rings. The van der Waals surface area contributed by atoms with Crippen molar-refractivity contribution in [3.05, 3.63) is 48.0 Å². The van der Waals surface area contributed by atoms with E-state index in [9.17, 15) is 39.3 Å². The third-order valence-electron chi connectivity index (χ3n) is 5.70. The number of aliphatic hydroxyl groups is 1. The standard InChI is InChI=1S/C24H32N6O9/c1-12(31)20(25)23(37)28-16(6-7-19(33)34)21(35)29-17(9-14-10-26-11-27-14)22(36)30-18(24(38)39)8-13-2-4-15(32)5-3-13/h2-5,10-12,16-18,20,31-32H,6-9,25H2,1H3,(H,26,27)(H,28,37)(H,29,35)(H,30,36)(H,33,34)(H,38,39). The van der Waals surface area contributed by atoms with E-state index in [0.29, 0.717) is 11.3 Å². The van der Waals surface area contributed by atoms with Crippen molar-refractivity contribution >= 4 is 29.7 Å². The molecule has 0 spiro atoms. The lowest BCUT2D eigenvalue weighted by molar-refractivity contribution is -0.142. The Labute approximate surface area is 222 Å². The average Bonchev–Trinajstić information content (AvgIpc) is 3.39. The number of rotatable bonds is 15. The van der Waals surface area contributed by atoms with Gasteiger partial charge in [0.25, 0.3) is 0 Å². The number of hydrogen-bond donors (Lipinski definition) is 9. The van der Waals surface area contributed by atoms with Crippen LogP contribution in [0.4, 0.5) is 0 Å². The fourth-order valence-electron chi connectivity index (χ4n) is 3.46. The zero-order valence-corrected chi connectivity index (χ0v) is 21.0. The SMILES string of the molecule is CC(O)C(N)C(=O)NC(CCC(=O)O)C(=O)NC(Cc1cnc[nH]1)C(=O)NC(Cc1ccc(O)cc1)C(=O)O. The van der Waals surface area contributed by atoms with E-state index >= 15 is 0 Å². The predicted octanol–water partition coefficient (Wildman–Crippen LogP) is -1.99. The number of aromatic nitrogens is 2. The van der Waals surface area contributed by atoms with Gasteiger partial charge in [-0.3, -0.25) is 19.2 Å². The largest absolute Gasteiger partial charge is 0.508 e. The Hall–Kier alpha value is -4.50. The fourth-order valence-corrected chi connectivity index (χ4v) is 3.46. The minimum Gasteiger partial charge on any atom is -0.508 e. The van der Waals surface area contributed by atoms with Gasteiger partial charge in [-0.2, -0.15) is 0 Å². The number of aromatic amines is 1. The highest BCUT2D eigenvalue weighted by molar-refractivity contribution is 5.94. The Morgan fingerprint density at radius 2 is 1.51 bits per heavy atom. The number of aliphatic hydroxyl groups excluding tert-OH is 1. The van der Waals surface area contributed by atoms with E-state index in [1.54, 1.807) is 0 Å². The van der Waals surface area contributed by atoms with Gasteiger partial charge in [0, 0.05) is 31.2 Å². The lowest BCUT2D eigenvalue weighted by atomic mass is 10.0. The molecule has 1 aromatic heterocycles. The minimum atomic E-state index is -1.43. The number of phenolic OH excluding ortho intramolecular Hbond substituents is 1. The first-order valence-corrected chi connectivity index (χ1v) is 11.9. The van der Waals surface area contributed by atoms with Crippen LogP contribution in [0.2, 0.25) is 0 Å². The molecule has 0 aliphatic heterocycles. The zero-order chi connectivity index (χ0) is 29.1. The third-order valence-corrected chi connectivity index (χ3v) is 5.70. The lowest BCUT2D eigenvalue weighted by Crippen LogP contribution is -2.58. The summed E-state index contributed by atoms with van der Waals surface area (Å²) in [6, 6.07) is 0.153. The number of aromatic hydroxyl groups is 1. The van der Waals surface area contributed by atoms with Gasteiger partial charge in [-0.25, -0.2) is 9.78 Å². The van der Waals surface area contributed by atoms with Gasteiger partial charge >= 0.3 is 11.9 Å². The van der Waals surface area contributed by atoms with E-state index < -0.39 is 66.4 Å². The Kier molecular flexibility index (Phi) is 11.4. The smallest absolute Gasteiger partial charge is 0.326 e. The van der Waals surface area contributed by atoms with Crippen LogP contribution in [-0.4, -0.2) is 90.3 Å². The molecule has 0 saturated heterocycles. The van der Waals surface area contributed by atoms with Crippen molar-refractivity contribution < 1.29 is 44.4 Å². The van der Waals surface area contributed by atoms with E-state index in [1.165, 1.54) is 43.7 Å². The summed E-state index contributed by atoms with van der Waals surface area (Å²) in [6.45, 7) is 1.26. The number of carboxylic acids is 2. The third kappa shape index (κ3) is 10.1. The summed E-state index contributed by atoms with van der Waals surface area (Å²) in [6.07, 6.45) is 0.349. The number of aliphatic carboxylic acids is 2. The van der Waals surface area contributed by atoms with Crippen LogP contribution in [0, 0.1) is 0 Å². The molecular weight excluding hydrogens is 516 g/mol. The second-order valence-electron chi connectivity index (χ2n) is 8.87. The Morgan fingerprint density at radius 1 is 0.923 bits per heavy atom. The maximum atomic E-state index is 13.2. The van der Waals surface area contributed by atoms with Gasteiger partial charge in [-0.05, 0) is 31.0 Å². The van der Waals surface area contributed by atoms with Gasteiger partial charge in [0.15, 0.2) is 0 Å². The molecule has 3 amide bonds. The molecule has 5 unspecified atom stereocenters. The summed E-state index contributed by atoms with van der Waals surface area (Å²) in [4.78, 5) is 68.2. The van der Waals surface area contributed by atoms with Gasteiger partial charge in [0.1, 0.15) is 29.9 Å². The number of nitrogens with two attached hydrogens (primary N) is 1. The summed E-state index contributed by atoms with van der Waals surface area (Å²) < 4.78 is 0. The number of phenols is 1. The van der Waals surface area contributed by atoms with Crippen molar-refractivity contribution in [2.24, 2.45) is 5.73 Å². The number of carbonyl (C=O) groups excluding carboxylic acids is 3. The molecule has 5 atom stereocenters. The van der Waals surface area contributed by atoms with Crippen molar-refractivity contribution in [2.75, 3.05) is 0 Å². The number of amides is 3. The van der Waals surface area contributed by atoms with Crippen molar-refractivity contribution in [1.82, 2.24) is 25.9 Å². The number of nitrogens with zero attached hydrogens (tertiary/aromatic N) is 1. The van der Waals surface area contributed by atoms with E-state index in [4.69, 9.17) is 10.8 Å². The molecule has 2 aromatic rings. The number of carboxylic acid groups (broad SMARTS) is 2. The predicted molar refractivity (Wildman–Crippen MR) is 134 cm³/mol. The van der Waals surface area contributed by atoms with E-state index in [-0.39, 0.29) is 25.0 Å². The molecule has 0 saturated carbocycles. The molecule has 1 aromatic carbocycles. The van der Waals surface area contributed by atoms with Crippen molar-refractivity contribution in [3.8, 4) is 5.75 Å². The van der Waals surface area contributed by atoms with E-state index in [1.807, 2.05) is 0 Å². The Bertz CT molecular complexity index is 1140. The molecule has 15 heteroatoms. The second-order valence-corrected chi connectivity index (χ2v) is 8.87. The number of benzene rings is 1. The summed E-state index contributed by atoms with van der Waals surface area (Å²) in [5, 5.41) is 44.8. The van der Waals surface area contributed by atoms with Crippen LogP contribution in [0.1, 0.15) is 31.0 Å². The number of hydrogen-bond acceptors (Lipinski definition) is 9. The molecule has 2 rings (SSSR count). The van der Waals surface area contributed by atoms with E-state index in [0.717, 1.165) is 0 Å². The minimum absolute atomic E-state index is 0.0176. The number of H-pyrrole nitrogens is 1. The summed E-state index contributed by atoms with van der Waals surface area (Å²) >= 11 is 0. The van der Waals surface area contributed by atoms with Gasteiger partial charge in [0.05, 0.1) is 12.4 Å². The number of imidazole rings is 1. The molecule has 0 aliphatic carbocycles. The molecule has 212 valence electrons. The topological polar surface area (TPSA) is 257 Å². The zero-order valence-electron chi connectivity index (χ0n) is 21.0. The van der Waals surface area contributed by atoms with Gasteiger partial charge in [0.2, 0.25) is 17.7 Å². The van der Waals surface area contributed by atoms with Crippen molar-refractivity contribution in [2.45, 2.75) is 62.9 Å². The molecule has 10 N–H and O–H groups in total. The van der Waals surface area contributed by atoms with Crippen LogP contribution in [0.15, 0.2) is 36.8 Å². The van der Waals surface area contributed by atoms with Crippen molar-refractivity contribution in [1.29, 1.82) is 0 Å². The van der Waals surface area contributed by atoms with Crippen molar-refractivity contribution in [3.63, 3.8) is 0 Å². The maximum Gasteiger partial charge on any atom is 0.326 e. The molecule has 1 heterocycles. The van der Waals surface area contributed by atoms with Crippen LogP contribution < -0.4 is 21.7 Å². The maximum absolute atomic E-state index is 13.2. The van der Waals surface area contributed by atoms with Crippen LogP contribution in [0.3, 0.4) is 0 Å². The first-order valence-electron chi connectivity index (χ1n) is 11.9. The second kappa shape index (κ2) is 14.4. The summed E-state index contributed by atoms with van der Waals surface area (Å²) in [5.41, 5.74) is 6.54. The molecule has 0 bridgehead atoms. The highest BCUT2D eigenvalue weighted by Gasteiger charge is 2.31. The van der Waals surface area contributed by atoms with Gasteiger partial charge in [-0.1, -0.05) is 12.1 Å². The first-order chi connectivity index (χ1) is 18.4. The summed E-state index contributed by atoms with van der Waals surface area (Å²) in [5.74, 6) is -5.31. The van der Waals surface area contributed by atoms with Crippen LogP contribution in [-0.2, 0) is 36.8 Å². The normalized spacial score (nSPS) is 14.7. The van der Waals surface area contributed by atoms with Gasteiger partial charge < -0.3 is 47.1 Å². The molecule has 15 nitrogen and oxygen atoms in total.